The summed E-state index contributed by atoms with van der Waals surface area (Å²) in [6.45, 7) is -0.672. The molecule has 1 nitrogen and oxygen atoms in total. The van der Waals surface area contributed by atoms with E-state index in [-0.39, 0.29) is 23.1 Å². The molecule has 0 heterocycles. The molecule has 0 N–H and O–H groups in total. The lowest BCUT2D eigenvalue weighted by molar-refractivity contribution is 0.196. The highest BCUT2D eigenvalue weighted by Crippen LogP contribution is 2.64. The molecule has 15 heteroatoms. The van der Waals surface area contributed by atoms with Crippen molar-refractivity contribution in [2.24, 2.45) is 0 Å². The zero-order valence-electron chi connectivity index (χ0n) is 13.3. The van der Waals surface area contributed by atoms with Crippen molar-refractivity contribution in [1.82, 2.24) is 0 Å². The Bertz CT molecular complexity index is 675. The number of benzene rings is 1. The summed E-state index contributed by atoms with van der Waals surface area (Å²) in [6, 6.07) is 4.13. The molecule has 1 aromatic carbocycles. The Morgan fingerprint density at radius 3 is 1.14 bits per heavy atom. The predicted octanol–water partition coefficient (Wildman–Crippen LogP) is 10.0. The standard InChI is InChI=1S/C14H7Cl14O/c15-9(16,11(19,20)13(23,24)25)7-2-1-3-8(6(7)4-5-29)10(17,18)12(21,22)14(26,27)28/h1-3H,4-5H2. The molecule has 1 radical (unpaired) electrons. The van der Waals surface area contributed by atoms with Gasteiger partial charge in [0.25, 0.3) is 0 Å². The van der Waals surface area contributed by atoms with Gasteiger partial charge in [0.2, 0.25) is 16.3 Å². The van der Waals surface area contributed by atoms with E-state index >= 15 is 0 Å². The molecule has 0 saturated carbocycles. The second kappa shape index (κ2) is 10.1. The van der Waals surface area contributed by atoms with Crippen molar-refractivity contribution < 1.29 is 5.11 Å². The van der Waals surface area contributed by atoms with Gasteiger partial charge in [-0.25, -0.2) is 5.11 Å². The summed E-state index contributed by atoms with van der Waals surface area (Å²) >= 11 is 85.5. The van der Waals surface area contributed by atoms with Crippen molar-refractivity contribution in [3.63, 3.8) is 0 Å². The van der Waals surface area contributed by atoms with E-state index < -0.39 is 31.5 Å². The van der Waals surface area contributed by atoms with Crippen molar-refractivity contribution in [3.05, 3.63) is 34.9 Å². The second-order valence-electron chi connectivity index (χ2n) is 5.58. The number of alkyl halides is 14. The lowest BCUT2D eigenvalue weighted by Gasteiger charge is -2.41. The van der Waals surface area contributed by atoms with Crippen LogP contribution in [0.25, 0.3) is 0 Å². The molecule has 29 heavy (non-hydrogen) atoms. The van der Waals surface area contributed by atoms with Gasteiger partial charge in [0.05, 0.1) is 6.61 Å². The lowest BCUT2D eigenvalue weighted by Crippen LogP contribution is -2.47. The SMILES string of the molecule is [O]CCc1c(C(Cl)(Cl)C(Cl)(Cl)C(Cl)(Cl)Cl)cccc1C(Cl)(Cl)C(Cl)(Cl)C(Cl)(Cl)Cl. The van der Waals surface area contributed by atoms with E-state index in [2.05, 4.69) is 0 Å². The van der Waals surface area contributed by atoms with Gasteiger partial charge < -0.3 is 0 Å². The van der Waals surface area contributed by atoms with Gasteiger partial charge in [-0.05, 0) is 23.1 Å². The van der Waals surface area contributed by atoms with Gasteiger partial charge in [0.1, 0.15) is 0 Å². The van der Waals surface area contributed by atoms with Crippen LogP contribution in [0, 0.1) is 0 Å². The Kier molecular flexibility index (Phi) is 10.5. The maximum absolute atomic E-state index is 11.5. The summed E-state index contributed by atoms with van der Waals surface area (Å²) in [6.07, 6.45) is -0.235. The Morgan fingerprint density at radius 2 is 0.897 bits per heavy atom. The van der Waals surface area contributed by atoms with Gasteiger partial charge in [0.15, 0.2) is 8.67 Å². The molecule has 167 valence electrons. The smallest absolute Gasteiger partial charge is 0.226 e. The highest BCUT2D eigenvalue weighted by molar-refractivity contribution is 6.79. The van der Waals surface area contributed by atoms with E-state index in [0.29, 0.717) is 0 Å². The topological polar surface area (TPSA) is 19.9 Å². The van der Waals surface area contributed by atoms with Crippen LogP contribution in [-0.4, -0.2) is 22.9 Å². The first-order valence-electron chi connectivity index (χ1n) is 7.03. The van der Waals surface area contributed by atoms with E-state index in [1.165, 1.54) is 18.2 Å². The molecular formula is C14H7Cl14O. The molecule has 0 unspecified atom stereocenters. The highest BCUT2D eigenvalue weighted by Gasteiger charge is 2.63. The lowest BCUT2D eigenvalue weighted by atomic mass is 9.91. The number of hydrogen-bond donors (Lipinski definition) is 0. The fourth-order valence-electron chi connectivity index (χ4n) is 2.24. The van der Waals surface area contributed by atoms with Crippen LogP contribution >= 0.6 is 162 Å². The van der Waals surface area contributed by atoms with Crippen molar-refractivity contribution in [1.29, 1.82) is 0 Å². The molecule has 0 aliphatic carbocycles. The molecule has 1 aromatic rings. The van der Waals surface area contributed by atoms with Crippen molar-refractivity contribution in [3.8, 4) is 0 Å². The first kappa shape index (κ1) is 30.3. The molecule has 1 rings (SSSR count). The van der Waals surface area contributed by atoms with Crippen LogP contribution in [0.2, 0.25) is 0 Å². The zero-order valence-corrected chi connectivity index (χ0v) is 23.9. The fraction of sp³-hybridized carbons (Fsp3) is 0.571. The van der Waals surface area contributed by atoms with Crippen molar-refractivity contribution >= 4 is 162 Å². The quantitative estimate of drug-likeness (QED) is 0.266. The van der Waals surface area contributed by atoms with E-state index in [4.69, 9.17) is 162 Å². The molecule has 0 aliphatic rings. The largest absolute Gasteiger partial charge is 0.236 e. The van der Waals surface area contributed by atoms with Crippen LogP contribution in [0.15, 0.2) is 18.2 Å². The third kappa shape index (κ3) is 5.74. The van der Waals surface area contributed by atoms with Crippen molar-refractivity contribution in [2.75, 3.05) is 6.61 Å². The molecule has 0 aliphatic heterocycles. The average molecular weight is 688 g/mol. The minimum atomic E-state index is -2.40. The third-order valence-electron chi connectivity index (χ3n) is 3.71. The van der Waals surface area contributed by atoms with Crippen LogP contribution in [0.3, 0.4) is 0 Å². The monoisotopic (exact) mass is 681 g/mol. The van der Waals surface area contributed by atoms with Crippen molar-refractivity contribution in [2.45, 2.75) is 31.3 Å². The molecule has 0 spiro atoms. The molecule has 0 aromatic heterocycles. The summed E-state index contributed by atoms with van der Waals surface area (Å²) in [7, 11) is 0. The second-order valence-corrected chi connectivity index (χ2v) is 15.5. The summed E-state index contributed by atoms with van der Waals surface area (Å²) in [5, 5.41) is 11.5. The highest BCUT2D eigenvalue weighted by atomic mass is 35.6. The van der Waals surface area contributed by atoms with Gasteiger partial charge in [-0.3, -0.25) is 0 Å². The summed E-state index contributed by atoms with van der Waals surface area (Å²) < 4.78 is -14.1. The average Bonchev–Trinajstić information content (AvgIpc) is 2.52. The van der Waals surface area contributed by atoms with E-state index in [1.54, 1.807) is 0 Å². The first-order valence-corrected chi connectivity index (χ1v) is 12.3. The number of halogens is 14. The molecular weight excluding hydrogens is 680 g/mol. The van der Waals surface area contributed by atoms with Crippen LogP contribution < -0.4 is 0 Å². The Hall–Kier alpha value is 3.24. The van der Waals surface area contributed by atoms with E-state index in [1.807, 2.05) is 0 Å². The summed E-state index contributed by atoms with van der Waals surface area (Å²) in [5.41, 5.74) is -0.0355. The summed E-state index contributed by atoms with van der Waals surface area (Å²) in [5.74, 6) is 0. The minimum absolute atomic E-state index is 0.0513. The Balaban J connectivity index is 3.87. The number of hydrogen-bond acceptors (Lipinski definition) is 0. The van der Waals surface area contributed by atoms with Crippen LogP contribution in [0.5, 0.6) is 0 Å². The predicted molar refractivity (Wildman–Crippen MR) is 132 cm³/mol. The third-order valence-corrected chi connectivity index (χ3v) is 11.6. The molecule has 0 saturated heterocycles. The van der Waals surface area contributed by atoms with Gasteiger partial charge in [-0.2, -0.15) is 0 Å². The summed E-state index contributed by atoms with van der Waals surface area (Å²) in [4.78, 5) is 0. The molecule has 0 amide bonds. The van der Waals surface area contributed by atoms with Gasteiger partial charge >= 0.3 is 0 Å². The van der Waals surface area contributed by atoms with Crippen LogP contribution in [0.1, 0.15) is 16.7 Å². The molecule has 0 atom stereocenters. The van der Waals surface area contributed by atoms with E-state index in [9.17, 15) is 5.11 Å². The molecule has 0 bridgehead atoms. The van der Waals surface area contributed by atoms with Gasteiger partial charge in [0, 0.05) is 0 Å². The Morgan fingerprint density at radius 1 is 0.586 bits per heavy atom. The zero-order chi connectivity index (χ0) is 23.3. The normalized spacial score (nSPS) is 15.0. The van der Waals surface area contributed by atoms with Crippen LogP contribution in [-0.2, 0) is 20.2 Å². The van der Waals surface area contributed by atoms with E-state index in [0.717, 1.165) is 0 Å². The fourth-order valence-corrected chi connectivity index (χ4v) is 5.35. The van der Waals surface area contributed by atoms with Crippen LogP contribution in [0.4, 0.5) is 0 Å². The maximum atomic E-state index is 11.5. The van der Waals surface area contributed by atoms with Gasteiger partial charge in [-0.1, -0.05) is 181 Å². The minimum Gasteiger partial charge on any atom is -0.236 e. The molecule has 0 fully saturated rings. The number of rotatable bonds is 6. The van der Waals surface area contributed by atoms with Gasteiger partial charge in [-0.15, -0.1) is 0 Å². The maximum Gasteiger partial charge on any atom is 0.226 e. The Labute approximate surface area is 237 Å². The first-order chi connectivity index (χ1) is 12.7.